The van der Waals surface area contributed by atoms with Crippen LogP contribution in [0.1, 0.15) is 290 Å². The third-order valence-electron chi connectivity index (χ3n) is 11.8. The number of aliphatic hydroxyl groups excluding tert-OH is 1. The molecule has 0 radical (unpaired) electrons. The summed E-state index contributed by atoms with van der Waals surface area (Å²) in [5.41, 5.74) is 0. The molecule has 1 atom stereocenters. The van der Waals surface area contributed by atoms with Crippen molar-refractivity contribution in [1.29, 1.82) is 0 Å². The lowest BCUT2D eigenvalue weighted by molar-refractivity contribution is -0.121. The number of carbonyl (C=O) groups is 2. The Morgan fingerprint density at radius 2 is 0.691 bits per heavy atom. The van der Waals surface area contributed by atoms with Crippen molar-refractivity contribution < 1.29 is 14.7 Å². The van der Waals surface area contributed by atoms with Gasteiger partial charge in [0.1, 0.15) is 5.78 Å². The summed E-state index contributed by atoms with van der Waals surface area (Å²) in [6.45, 7) is 4.97. The SMILES string of the molecule is CCCCCCCCC=CCCCCCCCC(=O)CCCCCCCCCCCCCCC(=O)NC[C@H](O)CCCCCCCCCCCCCCCC. The minimum Gasteiger partial charge on any atom is -0.391 e. The topological polar surface area (TPSA) is 66.4 Å². The molecule has 2 N–H and O–H groups in total. The van der Waals surface area contributed by atoms with E-state index in [1.165, 1.54) is 218 Å². The van der Waals surface area contributed by atoms with Crippen LogP contribution in [0.2, 0.25) is 0 Å². The third kappa shape index (κ3) is 47.1. The molecule has 0 saturated heterocycles. The van der Waals surface area contributed by atoms with Gasteiger partial charge >= 0.3 is 0 Å². The third-order valence-corrected chi connectivity index (χ3v) is 11.8. The number of nitrogens with one attached hydrogen (secondary N) is 1. The van der Waals surface area contributed by atoms with Crippen LogP contribution in [0.5, 0.6) is 0 Å². The normalized spacial score (nSPS) is 12.2. The zero-order valence-corrected chi connectivity index (χ0v) is 37.6. The van der Waals surface area contributed by atoms with Gasteiger partial charge in [0.2, 0.25) is 5.91 Å². The van der Waals surface area contributed by atoms with E-state index < -0.39 is 6.10 Å². The number of Topliss-reactive ketones (excluding diaryl/α,β-unsaturated/α-hetero) is 1. The lowest BCUT2D eigenvalue weighted by atomic mass is 10.0. The number of unbranched alkanes of at least 4 members (excludes halogenated alkanes) is 35. The number of amides is 1. The first-order valence-corrected chi connectivity index (χ1v) is 25.2. The maximum absolute atomic E-state index is 12.2. The smallest absolute Gasteiger partial charge is 0.220 e. The van der Waals surface area contributed by atoms with Gasteiger partial charge in [0, 0.05) is 25.8 Å². The van der Waals surface area contributed by atoms with Crippen LogP contribution in [0.4, 0.5) is 0 Å². The summed E-state index contributed by atoms with van der Waals surface area (Å²) >= 11 is 0. The molecule has 4 heteroatoms. The van der Waals surface area contributed by atoms with Gasteiger partial charge in [0.05, 0.1) is 6.10 Å². The van der Waals surface area contributed by atoms with Crippen LogP contribution in [0.3, 0.4) is 0 Å². The summed E-state index contributed by atoms with van der Waals surface area (Å²) in [4.78, 5) is 24.4. The maximum atomic E-state index is 12.2. The predicted octanol–water partition coefficient (Wildman–Crippen LogP) is 16.4. The van der Waals surface area contributed by atoms with E-state index in [2.05, 4.69) is 31.3 Å². The van der Waals surface area contributed by atoms with Gasteiger partial charge in [-0.2, -0.15) is 0 Å². The van der Waals surface area contributed by atoms with Crippen molar-refractivity contribution in [1.82, 2.24) is 5.32 Å². The van der Waals surface area contributed by atoms with Crippen LogP contribution in [0.25, 0.3) is 0 Å². The van der Waals surface area contributed by atoms with Gasteiger partial charge in [-0.3, -0.25) is 9.59 Å². The minimum absolute atomic E-state index is 0.0998. The first-order chi connectivity index (χ1) is 27.1. The molecule has 0 spiro atoms. The molecule has 0 fully saturated rings. The van der Waals surface area contributed by atoms with Gasteiger partial charge in [-0.15, -0.1) is 0 Å². The van der Waals surface area contributed by atoms with Crippen molar-refractivity contribution >= 4 is 11.7 Å². The molecule has 0 aliphatic heterocycles. The number of hydrogen-bond donors (Lipinski definition) is 2. The van der Waals surface area contributed by atoms with Crippen molar-refractivity contribution in [3.63, 3.8) is 0 Å². The standard InChI is InChI=1S/C51H99NO3/c1-3-5-7-9-11-13-15-17-19-21-24-28-32-36-40-44-49(53)45-41-37-33-29-25-22-23-27-31-35-39-43-47-51(55)52-48-50(54)46-42-38-34-30-26-20-18-16-14-12-10-8-6-4-2/h17,19,50,54H,3-16,18,20-48H2,1-2H3,(H,52,55)/t50-/m1/s1. The van der Waals surface area contributed by atoms with Crippen molar-refractivity contribution in [2.24, 2.45) is 0 Å². The summed E-state index contributed by atoms with van der Waals surface area (Å²) < 4.78 is 0. The highest BCUT2D eigenvalue weighted by Gasteiger charge is 2.07. The van der Waals surface area contributed by atoms with Crippen LogP contribution >= 0.6 is 0 Å². The van der Waals surface area contributed by atoms with Crippen molar-refractivity contribution in [2.45, 2.75) is 296 Å². The molecular weight excluding hydrogens is 675 g/mol. The Bertz CT molecular complexity index is 795. The monoisotopic (exact) mass is 774 g/mol. The van der Waals surface area contributed by atoms with E-state index in [1.807, 2.05) is 0 Å². The second-order valence-electron chi connectivity index (χ2n) is 17.5. The zero-order valence-electron chi connectivity index (χ0n) is 37.6. The van der Waals surface area contributed by atoms with Crippen LogP contribution < -0.4 is 5.32 Å². The van der Waals surface area contributed by atoms with Gasteiger partial charge in [-0.1, -0.05) is 231 Å². The fourth-order valence-electron chi connectivity index (χ4n) is 7.89. The van der Waals surface area contributed by atoms with Crippen LogP contribution in [0.15, 0.2) is 12.2 Å². The second kappa shape index (κ2) is 47.2. The summed E-state index contributed by atoms with van der Waals surface area (Å²) in [6.07, 6.45) is 58.0. The Kier molecular flexibility index (Phi) is 46.2. The first kappa shape index (κ1) is 53.8. The average molecular weight is 774 g/mol. The number of carbonyl (C=O) groups excluding carboxylic acids is 2. The number of aliphatic hydroxyl groups is 1. The second-order valence-corrected chi connectivity index (χ2v) is 17.5. The van der Waals surface area contributed by atoms with Gasteiger partial charge in [0.15, 0.2) is 0 Å². The molecule has 0 aliphatic rings. The summed E-state index contributed by atoms with van der Waals surface area (Å²) in [7, 11) is 0. The van der Waals surface area contributed by atoms with E-state index in [1.54, 1.807) is 0 Å². The summed E-state index contributed by atoms with van der Waals surface area (Å²) in [5.74, 6) is 0.588. The van der Waals surface area contributed by atoms with E-state index in [9.17, 15) is 14.7 Å². The summed E-state index contributed by atoms with van der Waals surface area (Å²) in [6, 6.07) is 0. The molecule has 0 heterocycles. The Morgan fingerprint density at radius 1 is 0.400 bits per heavy atom. The number of rotatable bonds is 47. The molecule has 0 bridgehead atoms. The van der Waals surface area contributed by atoms with Crippen LogP contribution in [-0.2, 0) is 9.59 Å². The molecule has 0 saturated carbocycles. The summed E-state index contributed by atoms with van der Waals surface area (Å²) in [5, 5.41) is 13.2. The van der Waals surface area contributed by atoms with Gasteiger partial charge < -0.3 is 10.4 Å². The van der Waals surface area contributed by atoms with E-state index in [0.717, 1.165) is 51.4 Å². The Labute approximate surface area is 345 Å². The molecule has 4 nitrogen and oxygen atoms in total. The Morgan fingerprint density at radius 3 is 1.05 bits per heavy atom. The van der Waals surface area contributed by atoms with E-state index in [0.29, 0.717) is 18.7 Å². The predicted molar refractivity (Wildman–Crippen MR) is 243 cm³/mol. The van der Waals surface area contributed by atoms with Crippen LogP contribution in [0, 0.1) is 0 Å². The van der Waals surface area contributed by atoms with Crippen LogP contribution in [-0.4, -0.2) is 29.4 Å². The minimum atomic E-state index is -0.400. The molecule has 0 aromatic rings. The molecule has 55 heavy (non-hydrogen) atoms. The van der Waals surface area contributed by atoms with E-state index in [-0.39, 0.29) is 5.91 Å². The van der Waals surface area contributed by atoms with Gasteiger partial charge in [-0.05, 0) is 51.4 Å². The number of hydrogen-bond acceptors (Lipinski definition) is 3. The molecule has 0 aromatic carbocycles. The average Bonchev–Trinajstić information content (AvgIpc) is 3.18. The Balaban J connectivity index is 3.31. The fraction of sp³-hybridized carbons (Fsp3) is 0.922. The maximum Gasteiger partial charge on any atom is 0.220 e. The highest BCUT2D eigenvalue weighted by Crippen LogP contribution is 2.16. The van der Waals surface area contributed by atoms with E-state index >= 15 is 0 Å². The number of ketones is 1. The Hall–Kier alpha value is -1.16. The highest BCUT2D eigenvalue weighted by atomic mass is 16.3. The zero-order chi connectivity index (χ0) is 40.0. The molecule has 326 valence electrons. The molecular formula is C51H99NO3. The highest BCUT2D eigenvalue weighted by molar-refractivity contribution is 5.78. The molecule has 0 aliphatic carbocycles. The quantitative estimate of drug-likeness (QED) is 0.0478. The fourth-order valence-corrected chi connectivity index (χ4v) is 7.89. The van der Waals surface area contributed by atoms with Crippen molar-refractivity contribution in [3.05, 3.63) is 12.2 Å². The molecule has 0 aromatic heterocycles. The lowest BCUT2D eigenvalue weighted by Crippen LogP contribution is -2.31. The molecule has 1 amide bonds. The van der Waals surface area contributed by atoms with Crippen molar-refractivity contribution in [2.75, 3.05) is 6.54 Å². The molecule has 0 unspecified atom stereocenters. The first-order valence-electron chi connectivity index (χ1n) is 25.2. The van der Waals surface area contributed by atoms with Gasteiger partial charge in [0.25, 0.3) is 0 Å². The lowest BCUT2D eigenvalue weighted by Gasteiger charge is -2.12. The molecule has 0 rings (SSSR count). The van der Waals surface area contributed by atoms with Gasteiger partial charge in [-0.25, -0.2) is 0 Å². The van der Waals surface area contributed by atoms with E-state index in [4.69, 9.17) is 0 Å². The largest absolute Gasteiger partial charge is 0.391 e. The van der Waals surface area contributed by atoms with Crippen molar-refractivity contribution in [3.8, 4) is 0 Å². The number of allylic oxidation sites excluding steroid dienone is 2.